The second-order valence-electron chi connectivity index (χ2n) is 6.40. The van der Waals surface area contributed by atoms with Crippen molar-refractivity contribution in [3.8, 4) is 0 Å². The largest absolute Gasteiger partial charge is 0.326 e. The SMILES string of the molecule is CCC(Sc1ncnc2sc(C)c(C)c12)C(=O)Nc1ccc(NC(C)=O)cc1. The summed E-state index contributed by atoms with van der Waals surface area (Å²) in [5.41, 5.74) is 2.55. The Morgan fingerprint density at radius 1 is 1.11 bits per heavy atom. The number of anilines is 2. The van der Waals surface area contributed by atoms with Crippen LogP contribution >= 0.6 is 23.1 Å². The smallest absolute Gasteiger partial charge is 0.237 e. The zero-order valence-corrected chi connectivity index (χ0v) is 17.8. The number of nitrogens with one attached hydrogen (secondary N) is 2. The van der Waals surface area contributed by atoms with Crippen LogP contribution in [0.15, 0.2) is 35.6 Å². The van der Waals surface area contributed by atoms with Crippen LogP contribution in [0.3, 0.4) is 0 Å². The summed E-state index contributed by atoms with van der Waals surface area (Å²) in [5.74, 6) is -0.203. The van der Waals surface area contributed by atoms with E-state index in [4.69, 9.17) is 0 Å². The van der Waals surface area contributed by atoms with Crippen LogP contribution in [0.2, 0.25) is 0 Å². The molecule has 2 amide bonds. The van der Waals surface area contributed by atoms with Crippen LogP contribution in [-0.4, -0.2) is 27.0 Å². The Kier molecular flexibility index (Phi) is 6.31. The first-order valence-electron chi connectivity index (χ1n) is 8.95. The number of nitrogens with zero attached hydrogens (tertiary/aromatic N) is 2. The summed E-state index contributed by atoms with van der Waals surface area (Å²) in [5, 5.41) is 7.27. The monoisotopic (exact) mass is 414 g/mol. The van der Waals surface area contributed by atoms with E-state index in [2.05, 4.69) is 34.4 Å². The van der Waals surface area contributed by atoms with Crippen molar-refractivity contribution in [1.82, 2.24) is 9.97 Å². The predicted octanol–water partition coefficient (Wildman–Crippen LogP) is 4.78. The highest BCUT2D eigenvalue weighted by Gasteiger charge is 2.22. The normalized spacial score (nSPS) is 12.0. The lowest BCUT2D eigenvalue weighted by Gasteiger charge is -2.15. The number of amides is 2. The Bertz CT molecular complexity index is 1010. The Morgan fingerprint density at radius 2 is 1.75 bits per heavy atom. The second kappa shape index (κ2) is 8.70. The fourth-order valence-corrected chi connectivity index (χ4v) is 4.90. The summed E-state index contributed by atoms with van der Waals surface area (Å²) >= 11 is 3.12. The van der Waals surface area contributed by atoms with Crippen molar-refractivity contribution < 1.29 is 9.59 Å². The molecule has 0 aliphatic heterocycles. The summed E-state index contributed by atoms with van der Waals surface area (Å²) in [4.78, 5) is 34.9. The van der Waals surface area contributed by atoms with Crippen LogP contribution in [0.4, 0.5) is 11.4 Å². The number of aryl methyl sites for hydroxylation is 2. The van der Waals surface area contributed by atoms with E-state index in [1.165, 1.54) is 29.1 Å². The highest BCUT2D eigenvalue weighted by atomic mass is 32.2. The minimum atomic E-state index is -0.271. The third kappa shape index (κ3) is 4.51. The van der Waals surface area contributed by atoms with Crippen LogP contribution in [0.25, 0.3) is 10.2 Å². The van der Waals surface area contributed by atoms with Crippen LogP contribution in [0.1, 0.15) is 30.7 Å². The van der Waals surface area contributed by atoms with Crippen molar-refractivity contribution in [2.45, 2.75) is 44.4 Å². The van der Waals surface area contributed by atoms with Gasteiger partial charge in [-0.25, -0.2) is 9.97 Å². The van der Waals surface area contributed by atoms with Gasteiger partial charge in [-0.05, 0) is 50.1 Å². The molecular weight excluding hydrogens is 392 g/mol. The van der Waals surface area contributed by atoms with Gasteiger partial charge in [-0.15, -0.1) is 11.3 Å². The van der Waals surface area contributed by atoms with E-state index >= 15 is 0 Å². The summed E-state index contributed by atoms with van der Waals surface area (Å²) in [6.07, 6.45) is 2.24. The van der Waals surface area contributed by atoms with Crippen molar-refractivity contribution in [2.75, 3.05) is 10.6 Å². The fraction of sp³-hybridized carbons (Fsp3) is 0.300. The lowest BCUT2D eigenvalue weighted by atomic mass is 10.2. The summed E-state index contributed by atoms with van der Waals surface area (Å²) < 4.78 is 0. The van der Waals surface area contributed by atoms with E-state index in [0.717, 1.165) is 15.2 Å². The van der Waals surface area contributed by atoms with Crippen molar-refractivity contribution in [3.63, 3.8) is 0 Å². The van der Waals surface area contributed by atoms with Gasteiger partial charge in [0.2, 0.25) is 11.8 Å². The number of benzene rings is 1. The summed E-state index contributed by atoms with van der Waals surface area (Å²) in [6.45, 7) is 7.59. The van der Waals surface area contributed by atoms with Crippen LogP contribution in [0.5, 0.6) is 0 Å². The molecule has 0 fully saturated rings. The van der Waals surface area contributed by atoms with E-state index in [0.29, 0.717) is 17.8 Å². The first kappa shape index (κ1) is 20.3. The van der Waals surface area contributed by atoms with Crippen LogP contribution in [-0.2, 0) is 9.59 Å². The molecule has 2 aromatic heterocycles. The molecule has 0 aliphatic carbocycles. The summed E-state index contributed by atoms with van der Waals surface area (Å²) in [6, 6.07) is 7.07. The molecule has 1 aromatic carbocycles. The van der Waals surface area contributed by atoms with Gasteiger partial charge < -0.3 is 10.6 Å². The minimum absolute atomic E-state index is 0.0730. The van der Waals surface area contributed by atoms with Gasteiger partial charge in [-0.3, -0.25) is 9.59 Å². The Balaban J connectivity index is 1.75. The fourth-order valence-electron chi connectivity index (χ4n) is 2.76. The van der Waals surface area contributed by atoms with Crippen molar-refractivity contribution in [3.05, 3.63) is 41.0 Å². The number of hydrogen-bond donors (Lipinski definition) is 2. The standard InChI is InChI=1S/C20H22N4O2S2/c1-5-16(18(26)24-15-8-6-14(7-9-15)23-13(4)25)28-20-17-11(2)12(3)27-19(17)21-10-22-20/h6-10,16H,5H2,1-4H3,(H,23,25)(H,24,26). The molecule has 146 valence electrons. The lowest BCUT2D eigenvalue weighted by molar-refractivity contribution is -0.116. The van der Waals surface area contributed by atoms with Gasteiger partial charge in [-0.1, -0.05) is 18.7 Å². The molecule has 3 rings (SSSR count). The molecule has 0 saturated heterocycles. The molecule has 3 aromatic rings. The van der Waals surface area contributed by atoms with Crippen molar-refractivity contribution in [1.29, 1.82) is 0 Å². The van der Waals surface area contributed by atoms with Gasteiger partial charge in [0.05, 0.1) is 5.25 Å². The molecule has 1 unspecified atom stereocenters. The number of carbonyl (C=O) groups excluding carboxylic acids is 2. The number of rotatable bonds is 6. The van der Waals surface area contributed by atoms with Crippen LogP contribution < -0.4 is 10.6 Å². The van der Waals surface area contributed by atoms with E-state index in [1.54, 1.807) is 41.9 Å². The Morgan fingerprint density at radius 3 is 2.36 bits per heavy atom. The molecule has 0 aliphatic rings. The molecule has 0 saturated carbocycles. The number of thiophene rings is 1. The lowest BCUT2D eigenvalue weighted by Crippen LogP contribution is -2.24. The maximum absolute atomic E-state index is 12.8. The van der Waals surface area contributed by atoms with Gasteiger partial charge in [-0.2, -0.15) is 0 Å². The van der Waals surface area contributed by atoms with Crippen LogP contribution in [0, 0.1) is 13.8 Å². The van der Waals surface area contributed by atoms with E-state index < -0.39 is 0 Å². The van der Waals surface area contributed by atoms with Gasteiger partial charge in [0, 0.05) is 28.6 Å². The van der Waals surface area contributed by atoms with E-state index in [9.17, 15) is 9.59 Å². The molecule has 2 N–H and O–H groups in total. The predicted molar refractivity (Wildman–Crippen MR) is 116 cm³/mol. The van der Waals surface area contributed by atoms with Crippen molar-refractivity contribution >= 4 is 56.5 Å². The number of thioether (sulfide) groups is 1. The number of fused-ring (bicyclic) bond motifs is 1. The van der Waals surface area contributed by atoms with Gasteiger partial charge in [0.25, 0.3) is 0 Å². The highest BCUT2D eigenvalue weighted by molar-refractivity contribution is 8.00. The number of hydrogen-bond acceptors (Lipinski definition) is 6. The van der Waals surface area contributed by atoms with E-state index in [1.807, 2.05) is 6.92 Å². The average molecular weight is 415 g/mol. The van der Waals surface area contributed by atoms with Gasteiger partial charge in [0.1, 0.15) is 16.2 Å². The molecule has 0 bridgehead atoms. The zero-order chi connectivity index (χ0) is 20.3. The highest BCUT2D eigenvalue weighted by Crippen LogP contribution is 2.36. The second-order valence-corrected chi connectivity index (χ2v) is 8.80. The third-order valence-electron chi connectivity index (χ3n) is 4.32. The maximum Gasteiger partial charge on any atom is 0.237 e. The van der Waals surface area contributed by atoms with Gasteiger partial charge in [0.15, 0.2) is 0 Å². The quantitative estimate of drug-likeness (QED) is 0.448. The first-order valence-corrected chi connectivity index (χ1v) is 10.6. The molecule has 0 radical (unpaired) electrons. The van der Waals surface area contributed by atoms with E-state index in [-0.39, 0.29) is 17.1 Å². The first-order chi connectivity index (χ1) is 13.4. The average Bonchev–Trinajstić information content (AvgIpc) is 2.95. The number of aromatic nitrogens is 2. The van der Waals surface area contributed by atoms with Crippen molar-refractivity contribution in [2.24, 2.45) is 0 Å². The molecule has 1 atom stereocenters. The zero-order valence-electron chi connectivity index (χ0n) is 16.2. The Hall–Kier alpha value is -2.45. The number of carbonyl (C=O) groups is 2. The molecule has 6 nitrogen and oxygen atoms in total. The summed E-state index contributed by atoms with van der Waals surface area (Å²) in [7, 11) is 0. The molecule has 28 heavy (non-hydrogen) atoms. The molecular formula is C20H22N4O2S2. The Labute approximate surface area is 172 Å². The van der Waals surface area contributed by atoms with Gasteiger partial charge >= 0.3 is 0 Å². The maximum atomic E-state index is 12.8. The minimum Gasteiger partial charge on any atom is -0.326 e. The topological polar surface area (TPSA) is 84.0 Å². The molecule has 8 heteroatoms. The molecule has 0 spiro atoms. The molecule has 2 heterocycles. The third-order valence-corrected chi connectivity index (χ3v) is 6.80.